The summed E-state index contributed by atoms with van der Waals surface area (Å²) in [4.78, 5) is 26.4. The fraction of sp³-hybridized carbons (Fsp3) is 0.214. The molecule has 0 aliphatic carbocycles. The monoisotopic (exact) mass is 1890 g/mol. The van der Waals surface area contributed by atoms with Crippen molar-refractivity contribution in [1.82, 2.24) is 17.5 Å². The second-order valence-electron chi connectivity index (χ2n) is 21.2. The third kappa shape index (κ3) is 17.1. The normalized spacial score (nSPS) is 11.4. The van der Waals surface area contributed by atoms with Crippen LogP contribution in [-0.2, 0) is 93.4 Å². The first kappa shape index (κ1) is 72.4. The first-order chi connectivity index (χ1) is 41.8. The van der Waals surface area contributed by atoms with Gasteiger partial charge in [-0.05, 0) is 144 Å². The van der Waals surface area contributed by atoms with Gasteiger partial charge < -0.3 is 0 Å². The Morgan fingerprint density at radius 3 is 1.07 bits per heavy atom. The van der Waals surface area contributed by atoms with Crippen molar-refractivity contribution in [3.63, 3.8) is 0 Å². The van der Waals surface area contributed by atoms with Crippen LogP contribution in [0.5, 0.6) is 0 Å². The van der Waals surface area contributed by atoms with Crippen molar-refractivity contribution < 1.29 is 17.6 Å². The number of aryl methyl sites for hydroxylation is 6. The van der Waals surface area contributed by atoms with Crippen LogP contribution < -0.4 is 5.79 Å². The zero-order chi connectivity index (χ0) is 63.5. The molecule has 0 saturated carbocycles. The van der Waals surface area contributed by atoms with Crippen LogP contribution in [0.3, 0.4) is 0 Å². The molecule has 0 aliphatic rings. The predicted octanol–water partition coefficient (Wildman–Crippen LogP) is 22.2. The Morgan fingerprint density at radius 2 is 0.716 bits per heavy atom. The molecule has 2 aromatic carbocycles. The average molecular weight is 1890 g/mol. The number of fused-ring (bicyclic) bond motifs is 2. The minimum atomic E-state index is -2.29. The molecule has 10 heterocycles. The summed E-state index contributed by atoms with van der Waals surface area (Å²) in [7, 11) is 12.7. The molecule has 10 aromatic heterocycles. The molecule has 0 atom stereocenters. The van der Waals surface area contributed by atoms with E-state index in [1.807, 2.05) is 43.3 Å². The molecule has 88 heavy (non-hydrogen) atoms. The van der Waals surface area contributed by atoms with Gasteiger partial charge in [0.05, 0.1) is 30.4 Å². The van der Waals surface area contributed by atoms with E-state index in [-0.39, 0.29) is 22.3 Å². The zero-order valence-electron chi connectivity index (χ0n) is 48.1. The standard InChI is InChI=1S/C26H18F2N2S5.C14H4F2N2S3.C10H8Br2S2.6CH3.S10.2Sn/c1-11-9-18(32-14(11)4)19-10-12(2)26(34-19)17-8-7-16(33-17)21-23(28)22(27)20(15-6-5-13(3)31-15)24-25(21)30-35-29-24;15-11-9(7-3-1-5-19-7)13-14(18-21-17-13)10(12(11)16)8-4-2-6-20-8;1-5-3-7(13-9(5)11)8-4-6(2)10(12)14-8;;;;;;;1-3-5-7-9-10-8-6-4-2;;/h5-10H,1-4H3;1-4H;3-4H,1-2H3;6*1H3;;;. The van der Waals surface area contributed by atoms with Crippen molar-refractivity contribution in [2.24, 2.45) is 0 Å². The number of benzene rings is 2. The van der Waals surface area contributed by atoms with Crippen LogP contribution in [0.2, 0.25) is 29.6 Å². The van der Waals surface area contributed by atoms with Crippen LogP contribution in [-0.4, -0.2) is 54.2 Å². The molecule has 0 fully saturated rings. The van der Waals surface area contributed by atoms with Gasteiger partial charge in [-0.15, -0.1) is 68.0 Å². The maximum absolute atomic E-state index is 15.6. The number of hydrogen-bond donors (Lipinski definition) is 0. The topological polar surface area (TPSA) is 51.6 Å². The van der Waals surface area contributed by atoms with E-state index in [1.165, 1.54) is 100 Å². The summed E-state index contributed by atoms with van der Waals surface area (Å²) in [5.74, 6) is -3.36. The van der Waals surface area contributed by atoms with Crippen LogP contribution in [0.25, 0.3) is 93.1 Å². The molecule has 0 unspecified atom stereocenters. The molecule has 32 heteroatoms. The fourth-order valence-electron chi connectivity index (χ4n) is 8.47. The molecule has 0 bridgehead atoms. The van der Waals surface area contributed by atoms with Crippen molar-refractivity contribution >= 4 is 304 Å². The van der Waals surface area contributed by atoms with Crippen molar-refractivity contribution in [1.29, 1.82) is 0 Å². The van der Waals surface area contributed by atoms with Crippen LogP contribution in [0.15, 0.2) is 80.4 Å². The number of rotatable bonds is 9. The fourth-order valence-corrected chi connectivity index (χ4v) is 46.3. The number of aromatic nitrogens is 4. The van der Waals surface area contributed by atoms with Gasteiger partial charge in [-0.3, -0.25) is 0 Å². The van der Waals surface area contributed by atoms with E-state index < -0.39 is 60.0 Å². The maximum atomic E-state index is 15.6. The Balaban J connectivity index is 0.000000155. The number of nitrogens with zero attached hydrogens (tertiary/aromatic N) is 4. The van der Waals surface area contributed by atoms with Gasteiger partial charge in [-0.2, -0.15) is 8.75 Å². The van der Waals surface area contributed by atoms with Crippen LogP contribution in [0.1, 0.15) is 32.0 Å². The molecular weight excluding hydrogens is 1840 g/mol. The van der Waals surface area contributed by atoms with E-state index >= 15 is 17.6 Å². The summed E-state index contributed by atoms with van der Waals surface area (Å²) in [5, 5.41) is 0. The molecule has 462 valence electrons. The molecule has 0 spiro atoms. The van der Waals surface area contributed by atoms with Gasteiger partial charge in [0.15, 0.2) is 11.6 Å². The summed E-state index contributed by atoms with van der Waals surface area (Å²) in [6, 6.07) is 24.5. The Morgan fingerprint density at radius 1 is 0.375 bits per heavy atom. The molecule has 4 nitrogen and oxygen atoms in total. The Bertz CT molecular complexity index is 4720. The van der Waals surface area contributed by atoms with Gasteiger partial charge in [-0.1, -0.05) is 0 Å². The SMILES string of the molecule is Cc1cc(-c2cc(C)c(Br)s2)sc1Br.Cc1ccc(-c2c(F)c(F)c(-c3ccc(-c4sc(-c5cc(C)c(C)s5)cc4C)s3)c3nsnc23)s1.S=S=S=S=S=S=S=S=S=S.[CH3][Sn]([CH3])([CH3])[c]1ccc(-c2c(F)c(F)c(-c3cc[c]([Sn]([CH3])([CH3])[CH3])s3)c3nsnc23)s1. The second kappa shape index (κ2) is 32.0. The van der Waals surface area contributed by atoms with E-state index in [1.54, 1.807) is 121 Å². The molecule has 0 N–H and O–H groups in total. The van der Waals surface area contributed by atoms with Gasteiger partial charge in [0.1, 0.15) is 11.0 Å². The van der Waals surface area contributed by atoms with Crippen molar-refractivity contribution in [2.75, 3.05) is 0 Å². The summed E-state index contributed by atoms with van der Waals surface area (Å²) < 4.78 is 84.4. The quantitative estimate of drug-likeness (QED) is 0.106. The molecule has 0 amide bonds. The van der Waals surface area contributed by atoms with Gasteiger partial charge >= 0.3 is 192 Å². The molecular formula is C56H48Br2F4N4S20Sn2. The first-order valence-corrected chi connectivity index (χ1v) is 67.3. The van der Waals surface area contributed by atoms with E-state index in [2.05, 4.69) is 172 Å². The molecule has 12 rings (SSSR count). The van der Waals surface area contributed by atoms with E-state index in [9.17, 15) is 0 Å². The van der Waals surface area contributed by atoms with Gasteiger partial charge in [0.25, 0.3) is 0 Å². The molecule has 0 saturated heterocycles. The third-order valence-corrected chi connectivity index (χ3v) is 60.1. The minimum absolute atomic E-state index is 0.193. The Kier molecular flexibility index (Phi) is 26.3. The molecule has 0 radical (unpaired) electrons. The van der Waals surface area contributed by atoms with Gasteiger partial charge in [0.2, 0.25) is 0 Å². The molecule has 12 aromatic rings. The van der Waals surface area contributed by atoms with E-state index in [0.717, 1.165) is 47.8 Å². The average Bonchev–Trinajstić information content (AvgIpc) is 1.55. The summed E-state index contributed by atoms with van der Waals surface area (Å²) in [6.07, 6.45) is 0. The van der Waals surface area contributed by atoms with E-state index in [4.69, 9.17) is 0 Å². The zero-order valence-corrected chi connectivity index (χ0v) is 73.4. The summed E-state index contributed by atoms with van der Waals surface area (Å²) >= 11 is 27.0. The molecule has 0 aliphatic heterocycles. The third-order valence-electron chi connectivity index (χ3n) is 12.9. The predicted molar refractivity (Wildman–Crippen MR) is 426 cm³/mol. The van der Waals surface area contributed by atoms with Crippen LogP contribution in [0.4, 0.5) is 17.6 Å². The van der Waals surface area contributed by atoms with Crippen LogP contribution in [0, 0.1) is 64.8 Å². The van der Waals surface area contributed by atoms with Gasteiger partial charge in [0, 0.05) is 142 Å². The van der Waals surface area contributed by atoms with Crippen molar-refractivity contribution in [3.05, 3.63) is 136 Å². The van der Waals surface area contributed by atoms with Crippen molar-refractivity contribution in [2.45, 2.75) is 71.2 Å². The Labute approximate surface area is 607 Å². The number of halogens is 6. The number of thiophene rings is 8. The van der Waals surface area contributed by atoms with E-state index in [0.29, 0.717) is 31.8 Å². The van der Waals surface area contributed by atoms with Crippen LogP contribution >= 0.6 is 146 Å². The summed E-state index contributed by atoms with van der Waals surface area (Å²) in [6.45, 7) is 12.6. The number of hydrogen-bond acceptors (Lipinski definition) is 16. The first-order valence-electron chi connectivity index (χ1n) is 25.7. The van der Waals surface area contributed by atoms with Crippen molar-refractivity contribution in [3.8, 4) is 71.0 Å². The van der Waals surface area contributed by atoms with Gasteiger partial charge in [-0.25, -0.2) is 8.78 Å². The summed E-state index contributed by atoms with van der Waals surface area (Å²) in [5.41, 5.74) is 7.78. The Hall–Kier alpha value is 0.157. The second-order valence-corrected chi connectivity index (χ2v) is 78.9.